The van der Waals surface area contributed by atoms with Crippen LogP contribution in [0.25, 0.3) is 0 Å². The van der Waals surface area contributed by atoms with E-state index in [1.165, 1.54) is 12.1 Å². The molecule has 0 amide bonds. The second-order valence-corrected chi connectivity index (χ2v) is 4.06. The molecule has 0 aliphatic rings. The van der Waals surface area contributed by atoms with E-state index in [0.29, 0.717) is 26.1 Å². The number of aliphatic hydroxyl groups excluding tert-OH is 1. The van der Waals surface area contributed by atoms with E-state index in [2.05, 4.69) is 5.92 Å². The first kappa shape index (κ1) is 13.7. The smallest absolute Gasteiger partial charge is 0.123 e. The number of terminal acetylenes is 1. The minimum atomic E-state index is -0.371. The first-order valence-corrected chi connectivity index (χ1v) is 5.74. The molecule has 1 unspecified atom stereocenters. The Morgan fingerprint density at radius 1 is 1.41 bits per heavy atom. The van der Waals surface area contributed by atoms with Gasteiger partial charge in [0.2, 0.25) is 0 Å². The Hall–Kier alpha value is -1.37. The van der Waals surface area contributed by atoms with Gasteiger partial charge in [0.1, 0.15) is 5.82 Å². The second kappa shape index (κ2) is 7.05. The Labute approximate surface area is 102 Å². The predicted octanol–water partition coefficient (Wildman–Crippen LogP) is 2.03. The maximum atomic E-state index is 12.8. The van der Waals surface area contributed by atoms with Crippen LogP contribution < -0.4 is 0 Å². The lowest BCUT2D eigenvalue weighted by atomic mass is 10.2. The Kier molecular flexibility index (Phi) is 5.68. The zero-order chi connectivity index (χ0) is 12.7. The summed E-state index contributed by atoms with van der Waals surface area (Å²) in [6, 6.07) is 6.33. The summed E-state index contributed by atoms with van der Waals surface area (Å²) >= 11 is 0. The van der Waals surface area contributed by atoms with Crippen molar-refractivity contribution in [2.45, 2.75) is 26.0 Å². The molecule has 1 atom stereocenters. The highest BCUT2D eigenvalue weighted by atomic mass is 19.1. The number of hydrogen-bond acceptors (Lipinski definition) is 2. The van der Waals surface area contributed by atoms with Gasteiger partial charge in [0.05, 0.1) is 12.6 Å². The summed E-state index contributed by atoms with van der Waals surface area (Å²) in [7, 11) is 0. The van der Waals surface area contributed by atoms with Crippen LogP contribution in [0.3, 0.4) is 0 Å². The molecule has 1 aromatic carbocycles. The molecule has 0 heterocycles. The van der Waals surface area contributed by atoms with Crippen LogP contribution in [-0.2, 0) is 6.54 Å². The fourth-order valence-corrected chi connectivity index (χ4v) is 1.59. The molecule has 0 aromatic heterocycles. The molecule has 0 fully saturated rings. The van der Waals surface area contributed by atoms with Crippen molar-refractivity contribution in [2.75, 3.05) is 13.1 Å². The van der Waals surface area contributed by atoms with Crippen LogP contribution in [-0.4, -0.2) is 29.2 Å². The van der Waals surface area contributed by atoms with E-state index in [-0.39, 0.29) is 11.9 Å². The summed E-state index contributed by atoms with van der Waals surface area (Å²) in [5.74, 6) is 2.33. The van der Waals surface area contributed by atoms with Gasteiger partial charge in [-0.25, -0.2) is 4.39 Å². The van der Waals surface area contributed by atoms with Crippen LogP contribution in [0.2, 0.25) is 0 Å². The monoisotopic (exact) mass is 235 g/mol. The third-order valence-electron chi connectivity index (χ3n) is 2.57. The van der Waals surface area contributed by atoms with Gasteiger partial charge in [-0.15, -0.1) is 6.42 Å². The molecule has 3 heteroatoms. The van der Waals surface area contributed by atoms with Gasteiger partial charge < -0.3 is 5.11 Å². The summed E-state index contributed by atoms with van der Waals surface area (Å²) < 4.78 is 12.8. The molecule has 0 aliphatic heterocycles. The van der Waals surface area contributed by atoms with Gasteiger partial charge in [0, 0.05) is 13.1 Å². The molecule has 1 aromatic rings. The molecular weight excluding hydrogens is 217 g/mol. The number of rotatable bonds is 6. The SMILES string of the molecule is C#CCN(Cc1ccc(F)cc1)CC(O)CC. The third kappa shape index (κ3) is 4.99. The van der Waals surface area contributed by atoms with E-state index in [9.17, 15) is 9.50 Å². The summed E-state index contributed by atoms with van der Waals surface area (Å²) in [6.07, 6.45) is 5.62. The highest BCUT2D eigenvalue weighted by molar-refractivity contribution is 5.16. The first-order valence-electron chi connectivity index (χ1n) is 5.74. The highest BCUT2D eigenvalue weighted by Crippen LogP contribution is 2.07. The Bertz CT molecular complexity index is 369. The standard InChI is InChI=1S/C14H18FNO/c1-3-9-16(11-14(17)4-2)10-12-5-7-13(15)8-6-12/h1,5-8,14,17H,4,9-11H2,2H3. The second-order valence-electron chi connectivity index (χ2n) is 4.06. The van der Waals surface area contributed by atoms with Gasteiger partial charge in [0.25, 0.3) is 0 Å². The third-order valence-corrected chi connectivity index (χ3v) is 2.57. The first-order chi connectivity index (χ1) is 8.15. The lowest BCUT2D eigenvalue weighted by Gasteiger charge is -2.22. The normalized spacial score (nSPS) is 12.4. The van der Waals surface area contributed by atoms with Gasteiger partial charge in [-0.05, 0) is 24.1 Å². The molecule has 0 spiro atoms. The molecule has 17 heavy (non-hydrogen) atoms. The van der Waals surface area contributed by atoms with Crippen molar-refractivity contribution in [3.05, 3.63) is 35.6 Å². The Morgan fingerprint density at radius 3 is 2.59 bits per heavy atom. The fraction of sp³-hybridized carbons (Fsp3) is 0.429. The predicted molar refractivity (Wildman–Crippen MR) is 66.8 cm³/mol. The summed E-state index contributed by atoms with van der Waals surface area (Å²) in [6.45, 7) is 3.57. The van der Waals surface area contributed by atoms with Gasteiger partial charge >= 0.3 is 0 Å². The fourth-order valence-electron chi connectivity index (χ4n) is 1.59. The largest absolute Gasteiger partial charge is 0.392 e. The molecular formula is C14H18FNO. The van der Waals surface area contributed by atoms with E-state index in [1.54, 1.807) is 12.1 Å². The number of benzene rings is 1. The van der Waals surface area contributed by atoms with Crippen molar-refractivity contribution >= 4 is 0 Å². The van der Waals surface area contributed by atoms with Crippen LogP contribution in [0, 0.1) is 18.2 Å². The Balaban J connectivity index is 2.60. The van der Waals surface area contributed by atoms with Gasteiger partial charge in [-0.2, -0.15) is 0 Å². The lowest BCUT2D eigenvalue weighted by molar-refractivity contribution is 0.113. The van der Waals surface area contributed by atoms with Crippen molar-refractivity contribution in [1.82, 2.24) is 4.90 Å². The molecule has 92 valence electrons. The number of aliphatic hydroxyl groups is 1. The molecule has 0 bridgehead atoms. The maximum Gasteiger partial charge on any atom is 0.123 e. The minimum Gasteiger partial charge on any atom is -0.392 e. The molecule has 2 nitrogen and oxygen atoms in total. The average Bonchev–Trinajstić information content (AvgIpc) is 2.32. The zero-order valence-corrected chi connectivity index (χ0v) is 10.1. The Morgan fingerprint density at radius 2 is 2.06 bits per heavy atom. The molecule has 0 saturated carbocycles. The van der Waals surface area contributed by atoms with Crippen LogP contribution in [0.15, 0.2) is 24.3 Å². The van der Waals surface area contributed by atoms with E-state index in [0.717, 1.165) is 5.56 Å². The molecule has 0 saturated heterocycles. The van der Waals surface area contributed by atoms with Gasteiger partial charge in [-0.3, -0.25) is 4.90 Å². The van der Waals surface area contributed by atoms with Gasteiger partial charge in [-0.1, -0.05) is 25.0 Å². The minimum absolute atomic E-state index is 0.245. The van der Waals surface area contributed by atoms with E-state index in [4.69, 9.17) is 6.42 Å². The van der Waals surface area contributed by atoms with E-state index < -0.39 is 0 Å². The quantitative estimate of drug-likeness (QED) is 0.763. The average molecular weight is 235 g/mol. The van der Waals surface area contributed by atoms with Crippen LogP contribution in [0.5, 0.6) is 0 Å². The number of nitrogens with zero attached hydrogens (tertiary/aromatic N) is 1. The number of hydrogen-bond donors (Lipinski definition) is 1. The van der Waals surface area contributed by atoms with Crippen molar-refractivity contribution in [3.63, 3.8) is 0 Å². The molecule has 1 rings (SSSR count). The van der Waals surface area contributed by atoms with Crippen molar-refractivity contribution in [3.8, 4) is 12.3 Å². The van der Waals surface area contributed by atoms with Crippen LogP contribution in [0.1, 0.15) is 18.9 Å². The van der Waals surface area contributed by atoms with Crippen molar-refractivity contribution < 1.29 is 9.50 Å². The summed E-state index contributed by atoms with van der Waals surface area (Å²) in [5, 5.41) is 9.61. The zero-order valence-electron chi connectivity index (χ0n) is 10.1. The summed E-state index contributed by atoms with van der Waals surface area (Å²) in [5.41, 5.74) is 0.991. The topological polar surface area (TPSA) is 23.5 Å². The lowest BCUT2D eigenvalue weighted by Crippen LogP contribution is -2.32. The van der Waals surface area contributed by atoms with Crippen molar-refractivity contribution in [1.29, 1.82) is 0 Å². The van der Waals surface area contributed by atoms with Gasteiger partial charge in [0.15, 0.2) is 0 Å². The maximum absolute atomic E-state index is 12.8. The molecule has 1 N–H and O–H groups in total. The summed E-state index contributed by atoms with van der Waals surface area (Å²) in [4.78, 5) is 1.97. The van der Waals surface area contributed by atoms with Crippen LogP contribution in [0.4, 0.5) is 4.39 Å². The van der Waals surface area contributed by atoms with Crippen LogP contribution >= 0.6 is 0 Å². The highest BCUT2D eigenvalue weighted by Gasteiger charge is 2.09. The van der Waals surface area contributed by atoms with E-state index >= 15 is 0 Å². The molecule has 0 radical (unpaired) electrons. The number of halogens is 1. The molecule has 0 aliphatic carbocycles. The van der Waals surface area contributed by atoms with E-state index in [1.807, 2.05) is 11.8 Å². The van der Waals surface area contributed by atoms with Crippen molar-refractivity contribution in [2.24, 2.45) is 0 Å².